The summed E-state index contributed by atoms with van der Waals surface area (Å²) in [5, 5.41) is 33.0. The lowest BCUT2D eigenvalue weighted by Gasteiger charge is -2.31. The summed E-state index contributed by atoms with van der Waals surface area (Å²) in [5.74, 6) is -6.09. The average Bonchev–Trinajstić information content (AvgIpc) is 3.71. The van der Waals surface area contributed by atoms with E-state index < -0.39 is 90.1 Å². The highest BCUT2D eigenvalue weighted by molar-refractivity contribution is 5.97. The summed E-state index contributed by atoms with van der Waals surface area (Å²) in [4.78, 5) is 103. The lowest BCUT2D eigenvalue weighted by molar-refractivity contribution is -0.143. The van der Waals surface area contributed by atoms with Crippen LogP contribution in [0.4, 0.5) is 0 Å². The molecular formula is C40H67N13O9. The number of aliphatic carboxylic acids is 1. The number of likely N-dealkylation sites (tertiary alicyclic amines) is 1. The number of guanidine groups is 2. The Balaban J connectivity index is 2.43. The van der Waals surface area contributed by atoms with Crippen LogP contribution in [0.5, 0.6) is 5.75 Å². The topological polar surface area (TPSA) is 378 Å². The fourth-order valence-corrected chi connectivity index (χ4v) is 6.82. The summed E-state index contributed by atoms with van der Waals surface area (Å²) in [6, 6.07) is -1.10. The number of phenols is 1. The summed E-state index contributed by atoms with van der Waals surface area (Å²) in [5.41, 5.74) is 27.8. The summed E-state index contributed by atoms with van der Waals surface area (Å²) >= 11 is 0. The number of hydrogen-bond donors (Lipinski definition) is 12. The number of benzene rings is 1. The highest BCUT2D eigenvalue weighted by Gasteiger charge is 2.40. The van der Waals surface area contributed by atoms with Gasteiger partial charge >= 0.3 is 5.97 Å². The molecule has 0 saturated carbocycles. The molecule has 1 saturated heterocycles. The van der Waals surface area contributed by atoms with Crippen molar-refractivity contribution in [3.05, 3.63) is 29.8 Å². The standard InChI is InChI=1S/C40H67N13O9/c1-5-23(4)32(36(59)51-29(38(61)62)19-22(2)3)52-34(57)28(20-24-12-14-25(54)15-13-24)50-35(58)30-11-8-18-53(30)37(60)27(10-7-17-47-40(44)45)49-33(56)26(48-31(55)21-41)9-6-16-46-39(42)43/h12-15,22-23,26-30,32,54H,5-11,16-21,41H2,1-4H3,(H,48,55)(H,49,56)(H,50,58)(H,51,59)(H,52,57)(H,61,62)(H4,42,43,46)(H4,44,45,47)/t23-,26-,27-,28-,29-,30-,32-/m0/s1. The Bertz CT molecular complexity index is 1730. The van der Waals surface area contributed by atoms with E-state index in [-0.39, 0.29) is 81.7 Å². The van der Waals surface area contributed by atoms with Crippen LogP contribution in [0.2, 0.25) is 0 Å². The SMILES string of the molecule is CC[C@H](C)[C@H](NC(=O)[C@H](Cc1ccc(O)cc1)NC(=O)[C@@H]1CCCN1C(=O)[C@H](CCCN=C(N)N)NC(=O)[C@H](CCCN=C(N)N)NC(=O)CN)C(=O)N[C@@H](CC(C)C)C(=O)O. The van der Waals surface area contributed by atoms with Crippen LogP contribution in [0.3, 0.4) is 0 Å². The summed E-state index contributed by atoms with van der Waals surface area (Å²) in [6.07, 6.45) is 1.81. The Kier molecular flexibility index (Phi) is 22.0. The van der Waals surface area contributed by atoms with E-state index in [1.54, 1.807) is 19.1 Å². The molecule has 17 N–H and O–H groups in total. The zero-order valence-electron chi connectivity index (χ0n) is 36.1. The molecule has 0 radical (unpaired) electrons. The number of nitrogens with two attached hydrogens (primary N) is 5. The molecule has 1 aliphatic heterocycles. The smallest absolute Gasteiger partial charge is 0.326 e. The number of aliphatic imine (C=N–C) groups is 2. The van der Waals surface area contributed by atoms with Gasteiger partial charge in [-0.25, -0.2) is 4.79 Å². The van der Waals surface area contributed by atoms with Crippen LogP contribution in [0, 0.1) is 11.8 Å². The van der Waals surface area contributed by atoms with Crippen LogP contribution in [0.15, 0.2) is 34.3 Å². The fourth-order valence-electron chi connectivity index (χ4n) is 6.82. The molecule has 0 spiro atoms. The number of phenolic OH excluding ortho intramolecular Hbond substituents is 1. The Morgan fingerprint density at radius 2 is 1.34 bits per heavy atom. The third-order valence-corrected chi connectivity index (χ3v) is 10.3. The van der Waals surface area contributed by atoms with Crippen molar-refractivity contribution in [3.8, 4) is 5.75 Å². The molecule has 1 aromatic carbocycles. The molecule has 1 fully saturated rings. The lowest BCUT2D eigenvalue weighted by Crippen LogP contribution is -2.60. The minimum Gasteiger partial charge on any atom is -0.508 e. The van der Waals surface area contributed by atoms with Gasteiger partial charge < -0.3 is 70.4 Å². The van der Waals surface area contributed by atoms with E-state index in [2.05, 4.69) is 36.6 Å². The van der Waals surface area contributed by atoms with E-state index >= 15 is 0 Å². The summed E-state index contributed by atoms with van der Waals surface area (Å²) in [6.45, 7) is 7.19. The third-order valence-electron chi connectivity index (χ3n) is 10.3. The van der Waals surface area contributed by atoms with Crippen LogP contribution in [0.25, 0.3) is 0 Å². The number of carboxylic acid groups (broad SMARTS) is 1. The molecule has 7 atom stereocenters. The van der Waals surface area contributed by atoms with Crippen molar-refractivity contribution in [3.63, 3.8) is 0 Å². The maximum Gasteiger partial charge on any atom is 0.326 e. The van der Waals surface area contributed by atoms with Crippen LogP contribution in [-0.4, -0.2) is 131 Å². The minimum atomic E-state index is -1.30. The van der Waals surface area contributed by atoms with Gasteiger partial charge in [-0.1, -0.05) is 46.2 Å². The van der Waals surface area contributed by atoms with Crippen LogP contribution >= 0.6 is 0 Å². The molecule has 0 aliphatic carbocycles. The van der Waals surface area contributed by atoms with Gasteiger partial charge in [0.15, 0.2) is 11.9 Å². The number of rotatable bonds is 26. The van der Waals surface area contributed by atoms with E-state index in [4.69, 9.17) is 28.7 Å². The van der Waals surface area contributed by atoms with Gasteiger partial charge in [-0.3, -0.25) is 38.8 Å². The highest BCUT2D eigenvalue weighted by Crippen LogP contribution is 2.21. The van der Waals surface area contributed by atoms with Gasteiger partial charge in [-0.15, -0.1) is 0 Å². The van der Waals surface area contributed by atoms with Crippen LogP contribution < -0.4 is 55.3 Å². The van der Waals surface area contributed by atoms with Gasteiger partial charge in [0, 0.05) is 26.1 Å². The van der Waals surface area contributed by atoms with Crippen LogP contribution in [-0.2, 0) is 40.0 Å². The second kappa shape index (κ2) is 26.2. The van der Waals surface area contributed by atoms with E-state index in [0.29, 0.717) is 24.8 Å². The quantitative estimate of drug-likeness (QED) is 0.0262. The second-order valence-corrected chi connectivity index (χ2v) is 15.8. The van der Waals surface area contributed by atoms with Crippen molar-refractivity contribution in [1.29, 1.82) is 0 Å². The Hall–Kier alpha value is -6.19. The number of nitrogens with zero attached hydrogens (tertiary/aromatic N) is 3. The molecule has 62 heavy (non-hydrogen) atoms. The maximum absolute atomic E-state index is 14.3. The Labute approximate surface area is 362 Å². The Morgan fingerprint density at radius 1 is 0.774 bits per heavy atom. The van der Waals surface area contributed by atoms with Crippen molar-refractivity contribution in [2.24, 2.45) is 50.5 Å². The zero-order chi connectivity index (χ0) is 46.5. The highest BCUT2D eigenvalue weighted by atomic mass is 16.4. The molecular weight excluding hydrogens is 807 g/mol. The lowest BCUT2D eigenvalue weighted by atomic mass is 9.96. The molecule has 346 valence electrons. The number of nitrogens with one attached hydrogen (secondary N) is 5. The van der Waals surface area contributed by atoms with Gasteiger partial charge in [-0.05, 0) is 74.5 Å². The second-order valence-electron chi connectivity index (χ2n) is 15.8. The average molecular weight is 874 g/mol. The van der Waals surface area contributed by atoms with Crippen molar-refractivity contribution in [1.82, 2.24) is 31.5 Å². The van der Waals surface area contributed by atoms with Gasteiger partial charge in [0.2, 0.25) is 35.4 Å². The van der Waals surface area contributed by atoms with Crippen LogP contribution in [0.1, 0.15) is 84.6 Å². The molecule has 1 aliphatic rings. The van der Waals surface area contributed by atoms with E-state index in [1.165, 1.54) is 17.0 Å². The van der Waals surface area contributed by atoms with Gasteiger partial charge in [0.1, 0.15) is 42.0 Å². The molecule has 0 unspecified atom stereocenters. The largest absolute Gasteiger partial charge is 0.508 e. The zero-order valence-corrected chi connectivity index (χ0v) is 36.1. The third kappa shape index (κ3) is 17.8. The number of aromatic hydroxyl groups is 1. The first-order chi connectivity index (χ1) is 29.3. The molecule has 22 nitrogen and oxygen atoms in total. The molecule has 2 rings (SSSR count). The number of amides is 6. The normalized spacial score (nSPS) is 16.4. The first kappa shape index (κ1) is 51.9. The molecule has 22 heteroatoms. The van der Waals surface area contributed by atoms with Crippen molar-refractivity contribution in [2.75, 3.05) is 26.2 Å². The minimum absolute atomic E-state index is 0.0271. The van der Waals surface area contributed by atoms with E-state index in [1.807, 2.05) is 20.8 Å². The Morgan fingerprint density at radius 3 is 1.87 bits per heavy atom. The number of carboxylic acids is 1. The molecule has 1 heterocycles. The van der Waals surface area contributed by atoms with Gasteiger partial charge in [-0.2, -0.15) is 0 Å². The molecule has 6 amide bonds. The predicted molar refractivity (Wildman–Crippen MR) is 232 cm³/mol. The van der Waals surface area contributed by atoms with E-state index in [9.17, 15) is 43.8 Å². The number of hydrogen-bond acceptors (Lipinski definition) is 11. The van der Waals surface area contributed by atoms with Gasteiger partial charge in [0.25, 0.3) is 0 Å². The van der Waals surface area contributed by atoms with E-state index in [0.717, 1.165) is 0 Å². The first-order valence-electron chi connectivity index (χ1n) is 20.9. The summed E-state index contributed by atoms with van der Waals surface area (Å²) < 4.78 is 0. The van der Waals surface area contributed by atoms with Crippen molar-refractivity contribution in [2.45, 2.75) is 122 Å². The fraction of sp³-hybridized carbons (Fsp3) is 0.625. The monoisotopic (exact) mass is 874 g/mol. The maximum atomic E-state index is 14.3. The molecule has 1 aromatic rings. The van der Waals surface area contributed by atoms with Crippen molar-refractivity contribution >= 4 is 53.3 Å². The molecule has 0 aromatic heterocycles. The summed E-state index contributed by atoms with van der Waals surface area (Å²) in [7, 11) is 0. The first-order valence-corrected chi connectivity index (χ1v) is 20.9. The van der Waals surface area contributed by atoms with Crippen molar-refractivity contribution < 1.29 is 43.8 Å². The molecule has 0 bridgehead atoms. The van der Waals surface area contributed by atoms with Gasteiger partial charge in [0.05, 0.1) is 6.54 Å². The number of carbonyl (C=O) groups is 7. The number of carbonyl (C=O) groups excluding carboxylic acids is 6. The predicted octanol–water partition coefficient (Wildman–Crippen LogP) is -2.41.